The zero-order chi connectivity index (χ0) is 18.8. The summed E-state index contributed by atoms with van der Waals surface area (Å²) in [4.78, 5) is 22.8. The SMILES string of the molecule is CC(=O)[C@@H](C)OC(=O)C1CCN(S(=O)(=O)c2ccc(F)c(F)c2)CC1. The second-order valence-corrected chi connectivity index (χ2v) is 7.88. The van der Waals surface area contributed by atoms with Crippen molar-refractivity contribution in [1.29, 1.82) is 0 Å². The second-order valence-electron chi connectivity index (χ2n) is 5.94. The van der Waals surface area contributed by atoms with Gasteiger partial charge in [-0.15, -0.1) is 0 Å². The Morgan fingerprint density at radius 1 is 1.20 bits per heavy atom. The van der Waals surface area contributed by atoms with Gasteiger partial charge in [0.05, 0.1) is 10.8 Å². The van der Waals surface area contributed by atoms with E-state index in [1.807, 2.05) is 0 Å². The Morgan fingerprint density at radius 2 is 1.80 bits per heavy atom. The molecule has 138 valence electrons. The van der Waals surface area contributed by atoms with E-state index < -0.39 is 39.6 Å². The van der Waals surface area contributed by atoms with Crippen molar-refractivity contribution in [2.75, 3.05) is 13.1 Å². The molecule has 0 aromatic heterocycles. The van der Waals surface area contributed by atoms with E-state index in [1.54, 1.807) is 0 Å². The van der Waals surface area contributed by atoms with Gasteiger partial charge in [0, 0.05) is 13.1 Å². The van der Waals surface area contributed by atoms with E-state index in [0.717, 1.165) is 16.4 Å². The van der Waals surface area contributed by atoms with Gasteiger partial charge in [-0.05, 0) is 44.9 Å². The standard InChI is InChI=1S/C16H19F2NO5S/c1-10(20)11(2)24-16(21)12-5-7-19(8-6-12)25(22,23)13-3-4-14(17)15(18)9-13/h3-4,9,11-12H,5-8H2,1-2H3/t11-/m1/s1. The lowest BCUT2D eigenvalue weighted by Crippen LogP contribution is -2.41. The van der Waals surface area contributed by atoms with E-state index in [1.165, 1.54) is 13.8 Å². The number of hydrogen-bond donors (Lipinski definition) is 0. The minimum atomic E-state index is -3.97. The number of sulfonamides is 1. The van der Waals surface area contributed by atoms with E-state index in [-0.39, 0.29) is 36.6 Å². The smallest absolute Gasteiger partial charge is 0.309 e. The van der Waals surface area contributed by atoms with Crippen LogP contribution in [-0.2, 0) is 24.3 Å². The zero-order valence-corrected chi connectivity index (χ0v) is 14.7. The van der Waals surface area contributed by atoms with E-state index in [9.17, 15) is 26.8 Å². The summed E-state index contributed by atoms with van der Waals surface area (Å²) in [6.45, 7) is 2.89. The molecule has 1 atom stereocenters. The van der Waals surface area contributed by atoms with Crippen molar-refractivity contribution in [3.63, 3.8) is 0 Å². The summed E-state index contributed by atoms with van der Waals surface area (Å²) in [5, 5.41) is 0. The first-order valence-corrected chi connectivity index (χ1v) is 9.23. The Morgan fingerprint density at radius 3 is 2.32 bits per heavy atom. The number of halogens is 2. The summed E-state index contributed by atoms with van der Waals surface area (Å²) >= 11 is 0. The van der Waals surface area contributed by atoms with E-state index in [0.29, 0.717) is 6.07 Å². The van der Waals surface area contributed by atoms with Crippen LogP contribution in [0.3, 0.4) is 0 Å². The van der Waals surface area contributed by atoms with Crippen LogP contribution in [0.2, 0.25) is 0 Å². The van der Waals surface area contributed by atoms with Gasteiger partial charge in [-0.2, -0.15) is 4.31 Å². The van der Waals surface area contributed by atoms with Crippen molar-refractivity contribution in [1.82, 2.24) is 4.31 Å². The molecule has 1 aromatic rings. The Bertz CT molecular complexity index is 773. The molecule has 0 unspecified atom stereocenters. The Hall–Kier alpha value is -1.87. The van der Waals surface area contributed by atoms with E-state index >= 15 is 0 Å². The fraction of sp³-hybridized carbons (Fsp3) is 0.500. The molecule has 9 heteroatoms. The molecule has 0 spiro atoms. The molecular weight excluding hydrogens is 356 g/mol. The minimum Gasteiger partial charge on any atom is -0.454 e. The van der Waals surface area contributed by atoms with Crippen LogP contribution >= 0.6 is 0 Å². The summed E-state index contributed by atoms with van der Waals surface area (Å²) in [5.74, 6) is -3.67. The quantitative estimate of drug-likeness (QED) is 0.734. The Labute approximate surface area is 144 Å². The predicted octanol–water partition coefficient (Wildman–Crippen LogP) is 1.89. The first-order chi connectivity index (χ1) is 11.6. The molecule has 1 saturated heterocycles. The van der Waals surface area contributed by atoms with Crippen LogP contribution in [0.15, 0.2) is 23.1 Å². The third kappa shape index (κ3) is 4.40. The van der Waals surface area contributed by atoms with Crippen LogP contribution < -0.4 is 0 Å². The molecule has 0 amide bonds. The number of carbonyl (C=O) groups excluding carboxylic acids is 2. The van der Waals surface area contributed by atoms with Gasteiger partial charge in [0.2, 0.25) is 10.0 Å². The molecule has 0 aliphatic carbocycles. The summed E-state index contributed by atoms with van der Waals surface area (Å²) in [7, 11) is -3.97. The average Bonchev–Trinajstić information content (AvgIpc) is 2.57. The van der Waals surface area contributed by atoms with Crippen molar-refractivity contribution in [2.24, 2.45) is 5.92 Å². The fourth-order valence-electron chi connectivity index (χ4n) is 2.47. The first kappa shape index (κ1) is 19.5. The van der Waals surface area contributed by atoms with Gasteiger partial charge < -0.3 is 4.74 Å². The van der Waals surface area contributed by atoms with Crippen LogP contribution in [0.5, 0.6) is 0 Å². The number of benzene rings is 1. The molecule has 0 N–H and O–H groups in total. The van der Waals surface area contributed by atoms with Crippen molar-refractivity contribution in [3.05, 3.63) is 29.8 Å². The molecular formula is C16H19F2NO5S. The summed E-state index contributed by atoms with van der Waals surface area (Å²) < 4.78 is 57.4. The van der Waals surface area contributed by atoms with Gasteiger partial charge in [0.1, 0.15) is 0 Å². The van der Waals surface area contributed by atoms with Gasteiger partial charge in [-0.25, -0.2) is 17.2 Å². The van der Waals surface area contributed by atoms with Crippen LogP contribution in [0.25, 0.3) is 0 Å². The van der Waals surface area contributed by atoms with Crippen LogP contribution in [-0.4, -0.2) is 43.7 Å². The predicted molar refractivity (Wildman–Crippen MR) is 84.1 cm³/mol. The number of carbonyl (C=O) groups is 2. The molecule has 1 aliphatic rings. The van der Waals surface area contributed by atoms with Gasteiger partial charge in [0.25, 0.3) is 0 Å². The zero-order valence-electron chi connectivity index (χ0n) is 13.9. The maximum atomic E-state index is 13.3. The molecule has 1 aliphatic heterocycles. The average molecular weight is 375 g/mol. The molecule has 2 rings (SSSR count). The summed E-state index contributed by atoms with van der Waals surface area (Å²) in [6.07, 6.45) is -0.380. The van der Waals surface area contributed by atoms with Crippen molar-refractivity contribution in [2.45, 2.75) is 37.7 Å². The van der Waals surface area contributed by atoms with E-state index in [2.05, 4.69) is 0 Å². The monoisotopic (exact) mass is 375 g/mol. The number of piperidine rings is 1. The van der Waals surface area contributed by atoms with Gasteiger partial charge in [0.15, 0.2) is 23.5 Å². The van der Waals surface area contributed by atoms with Crippen LogP contribution in [0.1, 0.15) is 26.7 Å². The number of Topliss-reactive ketones (excluding diaryl/α,β-unsaturated/α-hetero) is 1. The molecule has 1 aromatic carbocycles. The minimum absolute atomic E-state index is 0.0511. The molecule has 6 nitrogen and oxygen atoms in total. The van der Waals surface area contributed by atoms with Crippen LogP contribution in [0.4, 0.5) is 8.78 Å². The lowest BCUT2D eigenvalue weighted by molar-refractivity contribution is -0.158. The summed E-state index contributed by atoms with van der Waals surface area (Å²) in [6, 6.07) is 2.40. The molecule has 0 saturated carbocycles. The third-order valence-electron chi connectivity index (χ3n) is 4.18. The number of ether oxygens (including phenoxy) is 1. The topological polar surface area (TPSA) is 80.8 Å². The van der Waals surface area contributed by atoms with Crippen molar-refractivity contribution in [3.8, 4) is 0 Å². The number of nitrogens with zero attached hydrogens (tertiary/aromatic N) is 1. The largest absolute Gasteiger partial charge is 0.454 e. The second kappa shape index (κ2) is 7.57. The van der Waals surface area contributed by atoms with Gasteiger partial charge >= 0.3 is 5.97 Å². The van der Waals surface area contributed by atoms with Gasteiger partial charge in [-0.3, -0.25) is 9.59 Å². The van der Waals surface area contributed by atoms with E-state index in [4.69, 9.17) is 4.74 Å². The number of ketones is 1. The molecule has 25 heavy (non-hydrogen) atoms. The van der Waals surface area contributed by atoms with Gasteiger partial charge in [-0.1, -0.05) is 0 Å². The molecule has 0 radical (unpaired) electrons. The maximum Gasteiger partial charge on any atom is 0.309 e. The lowest BCUT2D eigenvalue weighted by Gasteiger charge is -2.30. The number of esters is 1. The molecule has 1 fully saturated rings. The maximum absolute atomic E-state index is 13.3. The Balaban J connectivity index is 2.02. The third-order valence-corrected chi connectivity index (χ3v) is 6.08. The molecule has 1 heterocycles. The lowest BCUT2D eigenvalue weighted by atomic mass is 9.98. The van der Waals surface area contributed by atoms with Crippen molar-refractivity contribution >= 4 is 21.8 Å². The first-order valence-electron chi connectivity index (χ1n) is 7.79. The summed E-state index contributed by atoms with van der Waals surface area (Å²) in [5.41, 5.74) is 0. The van der Waals surface area contributed by atoms with Crippen molar-refractivity contribution < 1.29 is 31.5 Å². The normalized spacial score (nSPS) is 17.9. The highest BCUT2D eigenvalue weighted by Crippen LogP contribution is 2.25. The Kier molecular flexibility index (Phi) is 5.89. The highest BCUT2D eigenvalue weighted by molar-refractivity contribution is 7.89. The highest BCUT2D eigenvalue weighted by atomic mass is 32.2. The highest BCUT2D eigenvalue weighted by Gasteiger charge is 2.33. The van der Waals surface area contributed by atoms with Crippen LogP contribution in [0, 0.1) is 17.6 Å². The number of rotatable bonds is 5. The number of hydrogen-bond acceptors (Lipinski definition) is 5. The fourth-order valence-corrected chi connectivity index (χ4v) is 3.95. The molecule has 0 bridgehead atoms.